The summed E-state index contributed by atoms with van der Waals surface area (Å²) >= 11 is 0. The van der Waals surface area contributed by atoms with Crippen LogP contribution in [0.3, 0.4) is 0 Å². The Hall–Kier alpha value is -3.69. The first kappa shape index (κ1) is 29.4. The molecule has 2 saturated heterocycles. The van der Waals surface area contributed by atoms with Gasteiger partial charge in [-0.15, -0.1) is 0 Å². The lowest BCUT2D eigenvalue weighted by atomic mass is 9.99. The van der Waals surface area contributed by atoms with Crippen molar-refractivity contribution in [1.82, 2.24) is 20.2 Å². The Labute approximate surface area is 253 Å². The van der Waals surface area contributed by atoms with Crippen molar-refractivity contribution in [2.45, 2.75) is 70.2 Å². The summed E-state index contributed by atoms with van der Waals surface area (Å²) in [6, 6.07) is 23.6. The highest BCUT2D eigenvalue weighted by Gasteiger charge is 2.33. The van der Waals surface area contributed by atoms with Gasteiger partial charge in [-0.25, -0.2) is 4.98 Å². The number of hydrogen-bond acceptors (Lipinski definition) is 7. The number of hydrogen-bond donors (Lipinski definition) is 2. The standard InChI is InChI=1S/C35H40N4O4/c40-24-26-12-14-27(15-13-26)33-20-29(23-39-18-6-2-1-3-7-19-39)42-35(43-33)28-16-10-25(11-17-28)21-37-34(41)32-22-36-30-8-4-5-9-31(30)38-32/h4-5,8-17,22,29,33,35,40H,1-3,6-7,18-21,23-24H2,(H,37,41)/t29-,33+,35+/m1/s1. The first-order valence-corrected chi connectivity index (χ1v) is 15.5. The molecule has 4 aromatic rings. The summed E-state index contributed by atoms with van der Waals surface area (Å²) in [4.78, 5) is 24.1. The molecule has 1 amide bonds. The Kier molecular flexibility index (Phi) is 9.70. The molecule has 8 nitrogen and oxygen atoms in total. The molecular weight excluding hydrogens is 540 g/mol. The van der Waals surface area contributed by atoms with E-state index in [1.807, 2.05) is 60.7 Å². The van der Waals surface area contributed by atoms with E-state index in [0.29, 0.717) is 17.8 Å². The van der Waals surface area contributed by atoms with E-state index in [4.69, 9.17) is 9.47 Å². The van der Waals surface area contributed by atoms with E-state index >= 15 is 0 Å². The topological polar surface area (TPSA) is 96.8 Å². The third kappa shape index (κ3) is 7.64. The Balaban J connectivity index is 1.12. The first-order valence-electron chi connectivity index (χ1n) is 15.5. The second-order valence-electron chi connectivity index (χ2n) is 11.6. The predicted molar refractivity (Wildman–Crippen MR) is 165 cm³/mol. The summed E-state index contributed by atoms with van der Waals surface area (Å²) in [7, 11) is 0. The van der Waals surface area contributed by atoms with Gasteiger partial charge in [0.05, 0.1) is 36.0 Å². The fourth-order valence-electron chi connectivity index (χ4n) is 5.95. The van der Waals surface area contributed by atoms with Crippen LogP contribution in [0.5, 0.6) is 0 Å². The van der Waals surface area contributed by atoms with E-state index in [9.17, 15) is 9.90 Å². The number of likely N-dealkylation sites (tertiary alicyclic amines) is 1. The molecule has 2 aliphatic heterocycles. The summed E-state index contributed by atoms with van der Waals surface area (Å²) in [6.07, 6.45) is 8.17. The normalized spacial score (nSPS) is 21.7. The molecule has 43 heavy (non-hydrogen) atoms. The van der Waals surface area contributed by atoms with Gasteiger partial charge in [0.1, 0.15) is 5.69 Å². The summed E-state index contributed by atoms with van der Waals surface area (Å²) in [5.41, 5.74) is 5.65. The lowest BCUT2D eigenvalue weighted by Gasteiger charge is -2.38. The third-order valence-electron chi connectivity index (χ3n) is 8.41. The van der Waals surface area contributed by atoms with Gasteiger partial charge in [-0.05, 0) is 54.8 Å². The van der Waals surface area contributed by atoms with Gasteiger partial charge in [0.15, 0.2) is 6.29 Å². The van der Waals surface area contributed by atoms with Crippen molar-refractivity contribution >= 4 is 16.9 Å². The molecule has 8 heteroatoms. The van der Waals surface area contributed by atoms with Crippen molar-refractivity contribution < 1.29 is 19.4 Å². The highest BCUT2D eigenvalue weighted by atomic mass is 16.7. The minimum atomic E-state index is -0.493. The van der Waals surface area contributed by atoms with Crippen LogP contribution in [0.25, 0.3) is 11.0 Å². The highest BCUT2D eigenvalue weighted by Crippen LogP contribution is 2.38. The molecule has 2 N–H and O–H groups in total. The number of aromatic nitrogens is 2. The monoisotopic (exact) mass is 580 g/mol. The van der Waals surface area contributed by atoms with Gasteiger partial charge >= 0.3 is 0 Å². The average molecular weight is 581 g/mol. The molecule has 0 radical (unpaired) electrons. The van der Waals surface area contributed by atoms with Crippen molar-refractivity contribution in [1.29, 1.82) is 0 Å². The number of carbonyl (C=O) groups is 1. The average Bonchev–Trinajstić information content (AvgIpc) is 3.04. The fourth-order valence-corrected chi connectivity index (χ4v) is 5.95. The fraction of sp³-hybridized carbons (Fsp3) is 0.400. The summed E-state index contributed by atoms with van der Waals surface area (Å²) in [6.45, 7) is 3.53. The summed E-state index contributed by atoms with van der Waals surface area (Å²) in [5, 5.41) is 12.4. The molecule has 2 aliphatic rings. The van der Waals surface area contributed by atoms with Gasteiger partial charge in [0.25, 0.3) is 5.91 Å². The molecule has 0 spiro atoms. The largest absolute Gasteiger partial charge is 0.392 e. The number of rotatable bonds is 8. The van der Waals surface area contributed by atoms with E-state index in [1.54, 1.807) is 0 Å². The van der Waals surface area contributed by atoms with Crippen LogP contribution >= 0.6 is 0 Å². The maximum atomic E-state index is 12.8. The molecule has 0 bridgehead atoms. The van der Waals surface area contributed by atoms with E-state index in [-0.39, 0.29) is 24.7 Å². The molecule has 3 aromatic carbocycles. The minimum Gasteiger partial charge on any atom is -0.392 e. The third-order valence-corrected chi connectivity index (χ3v) is 8.41. The molecule has 0 aliphatic carbocycles. The number of aliphatic hydroxyl groups excluding tert-OH is 1. The maximum Gasteiger partial charge on any atom is 0.271 e. The number of fused-ring (bicyclic) bond motifs is 1. The molecule has 6 rings (SSSR count). The number of aliphatic hydroxyl groups is 1. The zero-order chi connectivity index (χ0) is 29.4. The number of amides is 1. The van der Waals surface area contributed by atoms with Crippen LogP contribution in [0, 0.1) is 0 Å². The molecule has 0 saturated carbocycles. The Morgan fingerprint density at radius 3 is 2.26 bits per heavy atom. The molecule has 0 unspecified atom stereocenters. The smallest absolute Gasteiger partial charge is 0.271 e. The zero-order valence-corrected chi connectivity index (χ0v) is 24.5. The van der Waals surface area contributed by atoms with Crippen molar-refractivity contribution in [3.8, 4) is 0 Å². The highest BCUT2D eigenvalue weighted by molar-refractivity contribution is 5.93. The quantitative estimate of drug-likeness (QED) is 0.269. The van der Waals surface area contributed by atoms with Gasteiger partial charge in [0.2, 0.25) is 0 Å². The number of carbonyl (C=O) groups excluding carboxylic acids is 1. The van der Waals surface area contributed by atoms with Crippen molar-refractivity contribution in [3.05, 3.63) is 107 Å². The Bertz CT molecular complexity index is 1490. The van der Waals surface area contributed by atoms with Crippen molar-refractivity contribution in [2.24, 2.45) is 0 Å². The van der Waals surface area contributed by atoms with E-state index < -0.39 is 6.29 Å². The molecular formula is C35H40N4O4. The molecule has 224 valence electrons. The van der Waals surface area contributed by atoms with Gasteiger partial charge in [-0.1, -0.05) is 79.9 Å². The zero-order valence-electron chi connectivity index (χ0n) is 24.5. The van der Waals surface area contributed by atoms with Crippen molar-refractivity contribution in [3.63, 3.8) is 0 Å². The maximum absolute atomic E-state index is 12.8. The number of ether oxygens (including phenoxy) is 2. The Morgan fingerprint density at radius 1 is 0.837 bits per heavy atom. The first-order chi connectivity index (χ1) is 21.1. The van der Waals surface area contributed by atoms with E-state index in [0.717, 1.165) is 53.8 Å². The second-order valence-corrected chi connectivity index (χ2v) is 11.6. The van der Waals surface area contributed by atoms with Crippen molar-refractivity contribution in [2.75, 3.05) is 19.6 Å². The van der Waals surface area contributed by atoms with Crippen LogP contribution in [-0.4, -0.2) is 51.6 Å². The minimum absolute atomic E-state index is 0.0254. The summed E-state index contributed by atoms with van der Waals surface area (Å²) < 4.78 is 13.1. The lowest BCUT2D eigenvalue weighted by Crippen LogP contribution is -2.40. The number of nitrogens with zero attached hydrogens (tertiary/aromatic N) is 3. The van der Waals surface area contributed by atoms with Gasteiger partial charge in [0, 0.05) is 25.1 Å². The Morgan fingerprint density at radius 2 is 1.51 bits per heavy atom. The van der Waals surface area contributed by atoms with Crippen LogP contribution < -0.4 is 5.32 Å². The van der Waals surface area contributed by atoms with Crippen LogP contribution in [-0.2, 0) is 22.6 Å². The van der Waals surface area contributed by atoms with Crippen LogP contribution in [0.4, 0.5) is 0 Å². The van der Waals surface area contributed by atoms with Crippen LogP contribution in [0.1, 0.15) is 83.7 Å². The number of nitrogens with one attached hydrogen (secondary N) is 1. The van der Waals surface area contributed by atoms with Crippen LogP contribution in [0.15, 0.2) is 79.0 Å². The number of para-hydroxylation sites is 2. The molecule has 2 fully saturated rings. The van der Waals surface area contributed by atoms with E-state index in [1.165, 1.54) is 38.3 Å². The molecule has 1 aromatic heterocycles. The summed E-state index contributed by atoms with van der Waals surface area (Å²) in [5.74, 6) is -0.261. The van der Waals surface area contributed by atoms with E-state index in [2.05, 4.69) is 32.3 Å². The second kappa shape index (κ2) is 14.2. The number of benzene rings is 3. The van der Waals surface area contributed by atoms with Gasteiger partial charge in [-0.2, -0.15) is 0 Å². The molecule has 3 heterocycles. The SMILES string of the molecule is O=C(NCc1ccc([C@H]2O[C@@H](CN3CCCCCCC3)C[C@@H](c3ccc(CO)cc3)O2)cc1)c1cnc2ccccc2n1. The lowest BCUT2D eigenvalue weighted by molar-refractivity contribution is -0.253. The van der Waals surface area contributed by atoms with Gasteiger partial charge < -0.3 is 24.8 Å². The van der Waals surface area contributed by atoms with Crippen LogP contribution in [0.2, 0.25) is 0 Å². The predicted octanol–water partition coefficient (Wildman–Crippen LogP) is 5.86. The van der Waals surface area contributed by atoms with Gasteiger partial charge in [-0.3, -0.25) is 9.78 Å². The molecule has 3 atom stereocenters.